The highest BCUT2D eigenvalue weighted by molar-refractivity contribution is 7.89. The zero-order valence-corrected chi connectivity index (χ0v) is 18.4. The van der Waals surface area contributed by atoms with Crippen LogP contribution in [0.5, 0.6) is 5.75 Å². The first-order valence-corrected chi connectivity index (χ1v) is 11.7. The number of nitrogens with one attached hydrogen (secondary N) is 1. The fourth-order valence-corrected chi connectivity index (χ4v) is 4.56. The Morgan fingerprint density at radius 3 is 2.45 bits per heavy atom. The van der Waals surface area contributed by atoms with Gasteiger partial charge in [0.2, 0.25) is 15.9 Å². The van der Waals surface area contributed by atoms with Crippen molar-refractivity contribution in [1.29, 1.82) is 0 Å². The lowest BCUT2D eigenvalue weighted by atomic mass is 9.96. The smallest absolute Gasteiger partial charge is 0.255 e. The number of primary amides is 1. The number of carbonyl (C=O) groups excluding carboxylic acids is 2. The van der Waals surface area contributed by atoms with Crippen LogP contribution < -0.4 is 15.2 Å². The summed E-state index contributed by atoms with van der Waals surface area (Å²) in [4.78, 5) is 25.7. The summed E-state index contributed by atoms with van der Waals surface area (Å²) in [6, 6.07) is 13.1. The van der Waals surface area contributed by atoms with E-state index in [-0.39, 0.29) is 46.4 Å². The Morgan fingerprint density at radius 2 is 1.81 bits per heavy atom. The van der Waals surface area contributed by atoms with Gasteiger partial charge in [-0.25, -0.2) is 13.1 Å². The van der Waals surface area contributed by atoms with Gasteiger partial charge in [-0.3, -0.25) is 9.59 Å². The van der Waals surface area contributed by atoms with E-state index in [0.29, 0.717) is 31.7 Å². The first-order valence-electron chi connectivity index (χ1n) is 9.83. The minimum absolute atomic E-state index is 0.0593. The lowest BCUT2D eigenvalue weighted by molar-refractivity contribution is -0.123. The van der Waals surface area contributed by atoms with Gasteiger partial charge in [-0.15, -0.1) is 0 Å². The minimum atomic E-state index is -3.86. The summed E-state index contributed by atoms with van der Waals surface area (Å²) >= 11 is 6.18. The van der Waals surface area contributed by atoms with E-state index in [1.54, 1.807) is 17.0 Å². The van der Waals surface area contributed by atoms with E-state index in [1.165, 1.54) is 18.2 Å². The molecule has 3 N–H and O–H groups in total. The minimum Gasteiger partial charge on any atom is -0.492 e. The Morgan fingerprint density at radius 1 is 1.13 bits per heavy atom. The number of likely N-dealkylation sites (tertiary alicyclic amines) is 1. The summed E-state index contributed by atoms with van der Waals surface area (Å²) in [5.74, 6) is -0.368. The van der Waals surface area contributed by atoms with Crippen molar-refractivity contribution in [3.8, 4) is 5.75 Å². The van der Waals surface area contributed by atoms with Crippen molar-refractivity contribution in [2.45, 2.75) is 17.7 Å². The molecule has 2 aromatic carbocycles. The highest BCUT2D eigenvalue weighted by Crippen LogP contribution is 2.25. The molecule has 1 fully saturated rings. The molecule has 0 unspecified atom stereocenters. The summed E-state index contributed by atoms with van der Waals surface area (Å²) in [5, 5.41) is 0.161. The first-order chi connectivity index (χ1) is 14.8. The van der Waals surface area contributed by atoms with Gasteiger partial charge in [-0.05, 0) is 43.2 Å². The summed E-state index contributed by atoms with van der Waals surface area (Å²) in [6.07, 6.45) is 0.944. The third kappa shape index (κ3) is 5.96. The second-order valence-electron chi connectivity index (χ2n) is 7.17. The maximum atomic E-state index is 12.9. The van der Waals surface area contributed by atoms with Gasteiger partial charge in [-0.1, -0.05) is 29.8 Å². The molecule has 0 atom stereocenters. The molecule has 2 aromatic rings. The van der Waals surface area contributed by atoms with Crippen LogP contribution in [0.25, 0.3) is 0 Å². The number of sulfonamides is 1. The molecule has 0 saturated carbocycles. The van der Waals surface area contributed by atoms with Crippen molar-refractivity contribution in [3.63, 3.8) is 0 Å². The number of para-hydroxylation sites is 1. The normalized spacial score (nSPS) is 14.9. The third-order valence-corrected chi connectivity index (χ3v) is 6.86. The average Bonchev–Trinajstić information content (AvgIpc) is 2.77. The van der Waals surface area contributed by atoms with Gasteiger partial charge in [0.05, 0.1) is 15.5 Å². The van der Waals surface area contributed by atoms with Crippen LogP contribution in [0.4, 0.5) is 0 Å². The monoisotopic (exact) mass is 465 g/mol. The highest BCUT2D eigenvalue weighted by Gasteiger charge is 2.28. The lowest BCUT2D eigenvalue weighted by Gasteiger charge is -2.30. The second-order valence-corrected chi connectivity index (χ2v) is 9.34. The molecule has 0 aromatic heterocycles. The number of piperidine rings is 1. The van der Waals surface area contributed by atoms with E-state index in [9.17, 15) is 18.0 Å². The molecule has 166 valence electrons. The van der Waals surface area contributed by atoms with E-state index < -0.39 is 10.0 Å². The Bertz CT molecular complexity index is 1040. The predicted octanol–water partition coefficient (Wildman–Crippen LogP) is 2.03. The number of nitrogens with zero attached hydrogens (tertiary/aromatic N) is 1. The fourth-order valence-electron chi connectivity index (χ4n) is 3.32. The Kier molecular flexibility index (Phi) is 7.53. The Balaban J connectivity index is 1.63. The molecule has 31 heavy (non-hydrogen) atoms. The molecule has 10 heteroatoms. The van der Waals surface area contributed by atoms with Crippen LogP contribution >= 0.6 is 11.6 Å². The van der Waals surface area contributed by atoms with Gasteiger partial charge in [0, 0.05) is 25.6 Å². The first kappa shape index (κ1) is 23.1. The quantitative estimate of drug-likeness (QED) is 0.578. The molecule has 2 amide bonds. The van der Waals surface area contributed by atoms with Gasteiger partial charge in [0.25, 0.3) is 5.91 Å². The van der Waals surface area contributed by atoms with Crippen LogP contribution in [0.2, 0.25) is 5.02 Å². The number of rotatable bonds is 8. The van der Waals surface area contributed by atoms with Gasteiger partial charge < -0.3 is 15.4 Å². The molecule has 1 heterocycles. The van der Waals surface area contributed by atoms with Crippen molar-refractivity contribution < 1.29 is 22.7 Å². The molecule has 8 nitrogen and oxygen atoms in total. The summed E-state index contributed by atoms with van der Waals surface area (Å²) < 4.78 is 33.2. The number of nitrogens with two attached hydrogens (primary N) is 1. The van der Waals surface area contributed by atoms with Crippen molar-refractivity contribution >= 4 is 33.4 Å². The van der Waals surface area contributed by atoms with E-state index in [1.807, 2.05) is 18.2 Å². The molecule has 0 bridgehead atoms. The fraction of sp³-hybridized carbons (Fsp3) is 0.333. The predicted molar refractivity (Wildman–Crippen MR) is 116 cm³/mol. The van der Waals surface area contributed by atoms with Crippen LogP contribution in [0.3, 0.4) is 0 Å². The maximum Gasteiger partial charge on any atom is 0.255 e. The third-order valence-electron chi connectivity index (χ3n) is 5.07. The van der Waals surface area contributed by atoms with E-state index in [2.05, 4.69) is 4.72 Å². The molecule has 0 radical (unpaired) electrons. The number of hydrogen-bond acceptors (Lipinski definition) is 5. The molecule has 1 saturated heterocycles. The Hall–Kier alpha value is -2.62. The number of amides is 2. The van der Waals surface area contributed by atoms with Crippen LogP contribution in [-0.4, -0.2) is 51.4 Å². The van der Waals surface area contributed by atoms with Crippen LogP contribution in [-0.2, 0) is 14.8 Å². The highest BCUT2D eigenvalue weighted by atomic mass is 35.5. The summed E-state index contributed by atoms with van der Waals surface area (Å²) in [7, 11) is -3.86. The number of hydrogen-bond donors (Lipinski definition) is 2. The molecule has 1 aliphatic rings. The van der Waals surface area contributed by atoms with E-state index in [4.69, 9.17) is 22.1 Å². The largest absolute Gasteiger partial charge is 0.492 e. The molecule has 3 rings (SSSR count). The van der Waals surface area contributed by atoms with Gasteiger partial charge in [0.15, 0.2) is 0 Å². The summed E-state index contributed by atoms with van der Waals surface area (Å²) in [5.41, 5.74) is 5.43. The van der Waals surface area contributed by atoms with Crippen molar-refractivity contribution in [2.75, 3.05) is 26.2 Å². The van der Waals surface area contributed by atoms with Gasteiger partial charge in [-0.2, -0.15) is 0 Å². The van der Waals surface area contributed by atoms with Gasteiger partial charge >= 0.3 is 0 Å². The van der Waals surface area contributed by atoms with E-state index >= 15 is 0 Å². The topological polar surface area (TPSA) is 119 Å². The van der Waals surface area contributed by atoms with Gasteiger partial charge in [0.1, 0.15) is 12.4 Å². The van der Waals surface area contributed by atoms with Crippen molar-refractivity contribution in [2.24, 2.45) is 11.7 Å². The number of carbonyl (C=O) groups is 2. The average molecular weight is 466 g/mol. The zero-order valence-electron chi connectivity index (χ0n) is 16.8. The second kappa shape index (κ2) is 10.1. The molecule has 0 spiro atoms. The lowest BCUT2D eigenvalue weighted by Crippen LogP contribution is -2.41. The van der Waals surface area contributed by atoms with E-state index in [0.717, 1.165) is 0 Å². The van der Waals surface area contributed by atoms with Crippen LogP contribution in [0.15, 0.2) is 53.4 Å². The molecular formula is C21H24ClN3O5S. The summed E-state index contributed by atoms with van der Waals surface area (Å²) in [6.45, 7) is 0.921. The maximum absolute atomic E-state index is 12.9. The standard InChI is InChI=1S/C21H24ClN3O5S/c22-19-7-6-17(31(28,29)24-10-13-30-16-4-2-1-3-5-16)14-18(19)21(27)25-11-8-15(9-12-25)20(23)26/h1-7,14-15,24H,8-13H2,(H2,23,26). The number of benzene rings is 2. The van der Waals surface area contributed by atoms with Crippen molar-refractivity contribution in [3.05, 3.63) is 59.1 Å². The van der Waals surface area contributed by atoms with Crippen LogP contribution in [0.1, 0.15) is 23.2 Å². The zero-order chi connectivity index (χ0) is 22.4. The molecular weight excluding hydrogens is 442 g/mol. The number of ether oxygens (including phenoxy) is 1. The molecule has 0 aliphatic carbocycles. The van der Waals surface area contributed by atoms with Crippen molar-refractivity contribution in [1.82, 2.24) is 9.62 Å². The number of halogens is 1. The van der Waals surface area contributed by atoms with Crippen LogP contribution in [0, 0.1) is 5.92 Å². The molecule has 1 aliphatic heterocycles. The Labute approximate surface area is 186 Å². The SMILES string of the molecule is NC(=O)C1CCN(C(=O)c2cc(S(=O)(=O)NCCOc3ccccc3)ccc2Cl)CC1.